The molecule has 0 atom stereocenters. The molecule has 212 valence electrons. The first kappa shape index (κ1) is 27.4. The van der Waals surface area contributed by atoms with E-state index in [0.29, 0.717) is 28.2 Å². The van der Waals surface area contributed by atoms with Gasteiger partial charge in [0.1, 0.15) is 10.4 Å². The number of amides is 1. The van der Waals surface area contributed by atoms with E-state index in [2.05, 4.69) is 27.1 Å². The molecule has 0 bridgehead atoms. The Morgan fingerprint density at radius 3 is 2.65 bits per heavy atom. The Morgan fingerprint density at radius 1 is 1.18 bits per heavy atom. The summed E-state index contributed by atoms with van der Waals surface area (Å²) in [4.78, 5) is 24.7. The van der Waals surface area contributed by atoms with Crippen molar-refractivity contribution in [3.63, 3.8) is 0 Å². The zero-order chi connectivity index (χ0) is 28.4. The van der Waals surface area contributed by atoms with Crippen molar-refractivity contribution < 1.29 is 26.4 Å². The molecule has 3 aliphatic rings. The van der Waals surface area contributed by atoms with Gasteiger partial charge >= 0.3 is 6.18 Å². The lowest BCUT2D eigenvalue weighted by Gasteiger charge is -2.28. The summed E-state index contributed by atoms with van der Waals surface area (Å²) in [5.74, 6) is -0.889. The predicted molar refractivity (Wildman–Crippen MR) is 146 cm³/mol. The van der Waals surface area contributed by atoms with Crippen LogP contribution in [0, 0.1) is 0 Å². The molecule has 3 aromatic rings. The number of likely N-dealkylation sites (N-methyl/N-ethyl adjacent to an activating group) is 1. The van der Waals surface area contributed by atoms with E-state index in [1.807, 2.05) is 12.1 Å². The van der Waals surface area contributed by atoms with Gasteiger partial charge in [0.25, 0.3) is 5.91 Å². The van der Waals surface area contributed by atoms with E-state index in [4.69, 9.17) is 11.6 Å². The highest BCUT2D eigenvalue weighted by Gasteiger charge is 2.41. The van der Waals surface area contributed by atoms with Gasteiger partial charge in [-0.2, -0.15) is 13.2 Å². The van der Waals surface area contributed by atoms with Gasteiger partial charge in [-0.05, 0) is 55.1 Å². The fraction of sp³-hybridized carbons (Fsp3) is 0.423. The van der Waals surface area contributed by atoms with Crippen molar-refractivity contribution in [3.8, 4) is 10.6 Å². The summed E-state index contributed by atoms with van der Waals surface area (Å²) in [5.41, 5.74) is 0.987. The van der Waals surface area contributed by atoms with Crippen molar-refractivity contribution in [1.29, 1.82) is 0 Å². The average Bonchev–Trinajstić information content (AvgIpc) is 3.64. The van der Waals surface area contributed by atoms with Crippen molar-refractivity contribution in [2.45, 2.75) is 49.8 Å². The Hall–Kier alpha value is -2.74. The number of nitrogens with one attached hydrogen (secondary N) is 1. The third-order valence-corrected chi connectivity index (χ3v) is 10.8. The third-order valence-electron chi connectivity index (χ3n) is 7.48. The molecule has 4 heterocycles. The number of sulfone groups is 1. The smallest absolute Gasteiger partial charge is 0.334 e. The van der Waals surface area contributed by atoms with Gasteiger partial charge in [0.05, 0.1) is 31.9 Å². The zero-order valence-corrected chi connectivity index (χ0v) is 23.8. The number of rotatable bonds is 5. The van der Waals surface area contributed by atoms with E-state index < -0.39 is 33.2 Å². The molecule has 40 heavy (non-hydrogen) atoms. The standard InChI is InChI=1S/C26H25ClF3N5O3S2/c1-2-34-6-5-14-10-19(18(27)9-15(14)13-34)32-25-31-12-17(26(28,29)30)22(33-25)20-11-21-23(39-20)24(36)35(16-3-4-16)7-8-40(21,37)38/h9-12,16H,2-8,13H2,1H3,(H,31,32,33). The molecule has 1 saturated carbocycles. The molecule has 1 aromatic carbocycles. The van der Waals surface area contributed by atoms with Crippen molar-refractivity contribution in [2.75, 3.05) is 30.7 Å². The molecule has 0 saturated heterocycles. The van der Waals surface area contributed by atoms with Crippen LogP contribution in [-0.2, 0) is 29.0 Å². The Morgan fingerprint density at radius 2 is 1.95 bits per heavy atom. The second-order valence-electron chi connectivity index (χ2n) is 10.2. The van der Waals surface area contributed by atoms with Crippen molar-refractivity contribution >= 4 is 50.3 Å². The van der Waals surface area contributed by atoms with E-state index in [9.17, 15) is 26.4 Å². The minimum Gasteiger partial charge on any atom is -0.334 e. The number of nitrogens with zero attached hydrogens (tertiary/aromatic N) is 4. The fourth-order valence-corrected chi connectivity index (χ4v) is 8.28. The largest absolute Gasteiger partial charge is 0.420 e. The summed E-state index contributed by atoms with van der Waals surface area (Å²) >= 11 is 7.23. The Labute approximate surface area is 238 Å². The summed E-state index contributed by atoms with van der Waals surface area (Å²) in [6.45, 7) is 4.71. The Balaban J connectivity index is 1.40. The van der Waals surface area contributed by atoms with Crippen LogP contribution in [0.2, 0.25) is 5.02 Å². The lowest BCUT2D eigenvalue weighted by molar-refractivity contribution is -0.137. The van der Waals surface area contributed by atoms with E-state index in [-0.39, 0.29) is 38.9 Å². The van der Waals surface area contributed by atoms with Crippen LogP contribution in [0.1, 0.15) is 46.1 Å². The first-order valence-electron chi connectivity index (χ1n) is 12.9. The SMILES string of the molecule is CCN1CCc2cc(Nc3ncc(C(F)(F)F)c(-c4cc5c(s4)C(=O)N(C4CC4)CCS5(=O)=O)n3)c(Cl)cc2C1. The van der Waals surface area contributed by atoms with Gasteiger partial charge in [-0.15, -0.1) is 11.3 Å². The molecule has 1 amide bonds. The second-order valence-corrected chi connectivity index (χ2v) is 13.7. The van der Waals surface area contributed by atoms with Crippen LogP contribution < -0.4 is 5.32 Å². The molecule has 0 spiro atoms. The minimum absolute atomic E-state index is 0.0359. The molecule has 0 radical (unpaired) electrons. The number of aromatic nitrogens is 2. The highest BCUT2D eigenvalue weighted by Crippen LogP contribution is 2.43. The van der Waals surface area contributed by atoms with Crippen LogP contribution in [0.5, 0.6) is 0 Å². The molecule has 6 rings (SSSR count). The van der Waals surface area contributed by atoms with E-state index in [0.717, 1.165) is 56.1 Å². The summed E-state index contributed by atoms with van der Waals surface area (Å²) < 4.78 is 68.1. The highest BCUT2D eigenvalue weighted by atomic mass is 35.5. The lowest BCUT2D eigenvalue weighted by Crippen LogP contribution is -2.34. The number of thiophene rings is 1. The van der Waals surface area contributed by atoms with Gasteiger partial charge in [0, 0.05) is 31.9 Å². The normalized spacial score (nSPS) is 19.2. The molecule has 1 aliphatic carbocycles. The number of hydrogen-bond donors (Lipinski definition) is 1. The van der Waals surface area contributed by atoms with E-state index >= 15 is 0 Å². The monoisotopic (exact) mass is 611 g/mol. The Bertz CT molecular complexity index is 1620. The number of hydrogen-bond acceptors (Lipinski definition) is 8. The molecule has 2 aliphatic heterocycles. The number of benzene rings is 1. The zero-order valence-electron chi connectivity index (χ0n) is 21.4. The van der Waals surface area contributed by atoms with Gasteiger partial charge < -0.3 is 10.2 Å². The van der Waals surface area contributed by atoms with E-state index in [1.54, 1.807) is 0 Å². The summed E-state index contributed by atoms with van der Waals surface area (Å²) in [6, 6.07) is 4.79. The fourth-order valence-electron chi connectivity index (χ4n) is 5.13. The first-order valence-corrected chi connectivity index (χ1v) is 15.7. The molecule has 1 N–H and O–H groups in total. The Kier molecular flexibility index (Phi) is 6.83. The number of alkyl halides is 3. The maximum atomic E-state index is 14.0. The molecule has 14 heteroatoms. The number of carbonyl (C=O) groups is 1. The quantitative estimate of drug-likeness (QED) is 0.413. The van der Waals surface area contributed by atoms with Gasteiger partial charge in [0.15, 0.2) is 9.84 Å². The number of fused-ring (bicyclic) bond motifs is 2. The second kappa shape index (κ2) is 9.97. The third kappa shape index (κ3) is 5.08. The average molecular weight is 612 g/mol. The topological polar surface area (TPSA) is 95.5 Å². The van der Waals surface area contributed by atoms with Crippen LogP contribution >= 0.6 is 22.9 Å². The van der Waals surface area contributed by atoms with Crippen LogP contribution in [0.25, 0.3) is 10.6 Å². The predicted octanol–water partition coefficient (Wildman–Crippen LogP) is 5.39. The molecule has 8 nitrogen and oxygen atoms in total. The van der Waals surface area contributed by atoms with Gasteiger partial charge in [0.2, 0.25) is 5.95 Å². The van der Waals surface area contributed by atoms with E-state index in [1.165, 1.54) is 4.90 Å². The van der Waals surface area contributed by atoms with Crippen LogP contribution in [0.15, 0.2) is 29.3 Å². The number of anilines is 2. The molecular formula is C26H25ClF3N5O3S2. The van der Waals surface area contributed by atoms with Crippen molar-refractivity contribution in [2.24, 2.45) is 0 Å². The van der Waals surface area contributed by atoms with Crippen LogP contribution in [0.4, 0.5) is 24.8 Å². The first-order chi connectivity index (χ1) is 18.9. The molecule has 0 unspecified atom stereocenters. The maximum absolute atomic E-state index is 14.0. The highest BCUT2D eigenvalue weighted by molar-refractivity contribution is 7.91. The van der Waals surface area contributed by atoms with Gasteiger partial charge in [-0.25, -0.2) is 18.4 Å². The van der Waals surface area contributed by atoms with Gasteiger partial charge in [-0.1, -0.05) is 18.5 Å². The van der Waals surface area contributed by atoms with Crippen molar-refractivity contribution in [1.82, 2.24) is 19.8 Å². The number of carbonyl (C=O) groups excluding carboxylic acids is 1. The number of halogens is 4. The molecular weight excluding hydrogens is 587 g/mol. The lowest BCUT2D eigenvalue weighted by atomic mass is 9.99. The van der Waals surface area contributed by atoms with Gasteiger partial charge in [-0.3, -0.25) is 9.69 Å². The van der Waals surface area contributed by atoms with Crippen LogP contribution in [-0.4, -0.2) is 65.5 Å². The summed E-state index contributed by atoms with van der Waals surface area (Å²) in [6.07, 6.45) is -1.79. The summed E-state index contributed by atoms with van der Waals surface area (Å²) in [5, 5.41) is 3.32. The maximum Gasteiger partial charge on any atom is 0.420 e. The minimum atomic E-state index is -4.81. The molecule has 1 fully saturated rings. The van der Waals surface area contributed by atoms with Crippen molar-refractivity contribution in [3.05, 3.63) is 51.0 Å². The van der Waals surface area contributed by atoms with Crippen LogP contribution in [0.3, 0.4) is 0 Å². The molecule has 2 aromatic heterocycles. The summed E-state index contributed by atoms with van der Waals surface area (Å²) in [7, 11) is -3.88.